The lowest BCUT2D eigenvalue weighted by atomic mass is 10.1. The van der Waals surface area contributed by atoms with E-state index in [-0.39, 0.29) is 5.91 Å². The molecule has 1 aliphatic heterocycles. The molecule has 0 saturated carbocycles. The number of amides is 1. The minimum atomic E-state index is -1.02. The molecule has 5 nitrogen and oxygen atoms in total. The standard InChI is InChI=1S/C25H23NO4/c27-24-6-3-14-26(24)22-11-9-20(10-12-25(28)29)23(17-22)30-15-13-18-7-8-19-4-1-2-5-21(19)16-18/h1-2,4-5,7-12,16-17H,3,6,13-15H2,(H,28,29). The van der Waals surface area contributed by atoms with E-state index in [1.54, 1.807) is 11.0 Å². The Kier molecular flexibility index (Phi) is 5.80. The summed E-state index contributed by atoms with van der Waals surface area (Å²) in [5.74, 6) is -0.340. The Labute approximate surface area is 175 Å². The fraction of sp³-hybridized carbons (Fsp3) is 0.200. The molecule has 0 spiro atoms. The van der Waals surface area contributed by atoms with Crippen LogP contribution >= 0.6 is 0 Å². The van der Waals surface area contributed by atoms with E-state index in [2.05, 4.69) is 30.3 Å². The van der Waals surface area contributed by atoms with Gasteiger partial charge in [0.15, 0.2) is 0 Å². The third-order valence-corrected chi connectivity index (χ3v) is 5.25. The number of rotatable bonds is 7. The molecule has 1 aliphatic rings. The Morgan fingerprint density at radius 2 is 1.90 bits per heavy atom. The SMILES string of the molecule is O=C(O)C=Cc1ccc(N2CCCC2=O)cc1OCCc1ccc2ccccc2c1. The normalized spacial score (nSPS) is 14.0. The first-order chi connectivity index (χ1) is 14.6. The fourth-order valence-electron chi connectivity index (χ4n) is 3.71. The van der Waals surface area contributed by atoms with E-state index in [0.717, 1.165) is 24.6 Å². The second kappa shape index (κ2) is 8.82. The maximum atomic E-state index is 12.1. The molecule has 3 aromatic carbocycles. The average Bonchev–Trinajstić information content (AvgIpc) is 3.18. The molecule has 5 heteroatoms. The van der Waals surface area contributed by atoms with Gasteiger partial charge in [0.1, 0.15) is 5.75 Å². The summed E-state index contributed by atoms with van der Waals surface area (Å²) in [4.78, 5) is 24.8. The van der Waals surface area contributed by atoms with Gasteiger partial charge in [0, 0.05) is 42.8 Å². The van der Waals surface area contributed by atoms with Gasteiger partial charge in [-0.2, -0.15) is 0 Å². The molecule has 0 bridgehead atoms. The molecular weight excluding hydrogens is 378 g/mol. The van der Waals surface area contributed by atoms with Crippen LogP contribution in [0.15, 0.2) is 66.7 Å². The quantitative estimate of drug-likeness (QED) is 0.584. The van der Waals surface area contributed by atoms with Gasteiger partial charge in [-0.3, -0.25) is 4.79 Å². The zero-order chi connectivity index (χ0) is 20.9. The molecule has 152 valence electrons. The summed E-state index contributed by atoms with van der Waals surface area (Å²) in [6, 6.07) is 20.0. The van der Waals surface area contributed by atoms with Crippen molar-refractivity contribution in [1.82, 2.24) is 0 Å². The van der Waals surface area contributed by atoms with E-state index >= 15 is 0 Å². The molecular formula is C25H23NO4. The van der Waals surface area contributed by atoms with Crippen molar-refractivity contribution in [2.75, 3.05) is 18.1 Å². The zero-order valence-electron chi connectivity index (χ0n) is 16.6. The summed E-state index contributed by atoms with van der Waals surface area (Å²) >= 11 is 0. The Balaban J connectivity index is 1.52. The first-order valence-electron chi connectivity index (χ1n) is 10.1. The summed E-state index contributed by atoms with van der Waals surface area (Å²) in [6.07, 6.45) is 4.73. The highest BCUT2D eigenvalue weighted by Crippen LogP contribution is 2.30. The predicted molar refractivity (Wildman–Crippen MR) is 118 cm³/mol. The number of aliphatic carboxylic acids is 1. The Bertz CT molecular complexity index is 1120. The fourth-order valence-corrected chi connectivity index (χ4v) is 3.71. The first-order valence-corrected chi connectivity index (χ1v) is 10.1. The van der Waals surface area contributed by atoms with Gasteiger partial charge in [-0.05, 0) is 41.0 Å². The third kappa shape index (κ3) is 4.51. The maximum Gasteiger partial charge on any atom is 0.328 e. The minimum absolute atomic E-state index is 0.103. The summed E-state index contributed by atoms with van der Waals surface area (Å²) in [7, 11) is 0. The van der Waals surface area contributed by atoms with Crippen LogP contribution in [0.25, 0.3) is 16.8 Å². The van der Waals surface area contributed by atoms with E-state index in [4.69, 9.17) is 9.84 Å². The van der Waals surface area contributed by atoms with Crippen LogP contribution in [0.3, 0.4) is 0 Å². The molecule has 0 aliphatic carbocycles. The molecule has 0 aromatic heterocycles. The van der Waals surface area contributed by atoms with Gasteiger partial charge < -0.3 is 14.7 Å². The van der Waals surface area contributed by atoms with E-state index in [1.165, 1.54) is 22.4 Å². The van der Waals surface area contributed by atoms with Crippen LogP contribution in [0.5, 0.6) is 5.75 Å². The molecule has 1 heterocycles. The van der Waals surface area contributed by atoms with Gasteiger partial charge >= 0.3 is 5.97 Å². The number of carbonyl (C=O) groups excluding carboxylic acids is 1. The monoisotopic (exact) mass is 401 g/mol. The van der Waals surface area contributed by atoms with Gasteiger partial charge in [-0.15, -0.1) is 0 Å². The van der Waals surface area contributed by atoms with E-state index in [1.807, 2.05) is 24.3 Å². The smallest absolute Gasteiger partial charge is 0.328 e. The lowest BCUT2D eigenvalue weighted by Gasteiger charge is -2.18. The summed E-state index contributed by atoms with van der Waals surface area (Å²) < 4.78 is 6.04. The summed E-state index contributed by atoms with van der Waals surface area (Å²) in [5, 5.41) is 11.3. The topological polar surface area (TPSA) is 66.8 Å². The average molecular weight is 401 g/mol. The van der Waals surface area contributed by atoms with Crippen molar-refractivity contribution in [3.8, 4) is 5.75 Å². The van der Waals surface area contributed by atoms with Gasteiger partial charge in [0.25, 0.3) is 0 Å². The van der Waals surface area contributed by atoms with Crippen LogP contribution in [-0.4, -0.2) is 30.1 Å². The molecule has 4 rings (SSSR count). The van der Waals surface area contributed by atoms with Crippen LogP contribution < -0.4 is 9.64 Å². The number of fused-ring (bicyclic) bond motifs is 1. The third-order valence-electron chi connectivity index (χ3n) is 5.25. The van der Waals surface area contributed by atoms with Crippen LogP contribution in [0.1, 0.15) is 24.0 Å². The predicted octanol–water partition coefficient (Wildman–Crippen LogP) is 4.69. The number of carboxylic acids is 1. The Morgan fingerprint density at radius 1 is 1.07 bits per heavy atom. The highest BCUT2D eigenvalue weighted by atomic mass is 16.5. The lowest BCUT2D eigenvalue weighted by Crippen LogP contribution is -2.23. The number of carboxylic acid groups (broad SMARTS) is 1. The second-order valence-corrected chi connectivity index (χ2v) is 7.32. The molecule has 1 saturated heterocycles. The molecule has 30 heavy (non-hydrogen) atoms. The highest BCUT2D eigenvalue weighted by molar-refractivity contribution is 5.96. The molecule has 0 unspecified atom stereocenters. The van der Waals surface area contributed by atoms with Crippen molar-refractivity contribution < 1.29 is 19.4 Å². The zero-order valence-corrected chi connectivity index (χ0v) is 16.6. The highest BCUT2D eigenvalue weighted by Gasteiger charge is 2.22. The second-order valence-electron chi connectivity index (χ2n) is 7.32. The van der Waals surface area contributed by atoms with Crippen molar-refractivity contribution in [1.29, 1.82) is 0 Å². The van der Waals surface area contributed by atoms with Gasteiger partial charge in [0.2, 0.25) is 5.91 Å². The lowest BCUT2D eigenvalue weighted by molar-refractivity contribution is -0.131. The van der Waals surface area contributed by atoms with Crippen LogP contribution in [0, 0.1) is 0 Å². The number of hydrogen-bond acceptors (Lipinski definition) is 3. The van der Waals surface area contributed by atoms with Crippen molar-refractivity contribution in [3.05, 3.63) is 77.9 Å². The number of anilines is 1. The molecule has 1 amide bonds. The van der Waals surface area contributed by atoms with Gasteiger partial charge in [0.05, 0.1) is 6.61 Å². The van der Waals surface area contributed by atoms with E-state index < -0.39 is 5.97 Å². The van der Waals surface area contributed by atoms with Crippen molar-refractivity contribution in [2.45, 2.75) is 19.3 Å². The number of carbonyl (C=O) groups is 2. The van der Waals surface area contributed by atoms with Crippen LogP contribution in [-0.2, 0) is 16.0 Å². The largest absolute Gasteiger partial charge is 0.493 e. The number of nitrogens with zero attached hydrogens (tertiary/aromatic N) is 1. The molecule has 3 aromatic rings. The van der Waals surface area contributed by atoms with Crippen LogP contribution in [0.4, 0.5) is 5.69 Å². The Hall–Kier alpha value is -3.60. The van der Waals surface area contributed by atoms with Crippen molar-refractivity contribution in [3.63, 3.8) is 0 Å². The number of hydrogen-bond donors (Lipinski definition) is 1. The van der Waals surface area contributed by atoms with Gasteiger partial charge in [-0.25, -0.2) is 4.79 Å². The van der Waals surface area contributed by atoms with Crippen molar-refractivity contribution >= 4 is 34.4 Å². The molecule has 1 fully saturated rings. The van der Waals surface area contributed by atoms with Gasteiger partial charge in [-0.1, -0.05) is 42.5 Å². The minimum Gasteiger partial charge on any atom is -0.493 e. The molecule has 0 radical (unpaired) electrons. The van der Waals surface area contributed by atoms with Crippen molar-refractivity contribution in [2.24, 2.45) is 0 Å². The number of benzene rings is 3. The van der Waals surface area contributed by atoms with E-state index in [0.29, 0.717) is 30.9 Å². The Morgan fingerprint density at radius 3 is 2.67 bits per heavy atom. The molecule has 0 atom stereocenters. The molecule has 1 N–H and O–H groups in total. The summed E-state index contributed by atoms with van der Waals surface area (Å²) in [5.41, 5.74) is 2.62. The van der Waals surface area contributed by atoms with Crippen LogP contribution in [0.2, 0.25) is 0 Å². The maximum absolute atomic E-state index is 12.1. The summed E-state index contributed by atoms with van der Waals surface area (Å²) in [6.45, 7) is 1.14. The number of ether oxygens (including phenoxy) is 1. The first kappa shape index (κ1) is 19.7. The van der Waals surface area contributed by atoms with E-state index in [9.17, 15) is 9.59 Å².